The van der Waals surface area contributed by atoms with Crippen LogP contribution in [0.5, 0.6) is 0 Å². The largest absolute Gasteiger partial charge is 0.280 e. The summed E-state index contributed by atoms with van der Waals surface area (Å²) in [5, 5.41) is 4.57. The van der Waals surface area contributed by atoms with Crippen molar-refractivity contribution in [2.75, 3.05) is 9.44 Å². The molecule has 10 nitrogen and oxygen atoms in total. The molecule has 0 aliphatic carbocycles. The average molecular weight is 561 g/mol. The van der Waals surface area contributed by atoms with Crippen molar-refractivity contribution in [3.63, 3.8) is 0 Å². The molecule has 0 bridgehead atoms. The van der Waals surface area contributed by atoms with E-state index in [4.69, 9.17) is 0 Å². The van der Waals surface area contributed by atoms with Gasteiger partial charge in [0.05, 0.1) is 11.4 Å². The van der Waals surface area contributed by atoms with Crippen LogP contribution >= 0.6 is 0 Å². The van der Waals surface area contributed by atoms with Gasteiger partial charge in [0.2, 0.25) is 5.95 Å². The number of anilines is 2. The smallest absolute Gasteiger partial charge is 0.265 e. The Labute approximate surface area is 226 Å². The number of nitrogens with one attached hydrogen (secondary N) is 2. The van der Waals surface area contributed by atoms with Crippen LogP contribution in [0.15, 0.2) is 113 Å². The zero-order chi connectivity index (χ0) is 27.5. The third-order valence-corrected chi connectivity index (χ3v) is 8.42. The van der Waals surface area contributed by atoms with Crippen molar-refractivity contribution in [3.05, 3.63) is 115 Å². The van der Waals surface area contributed by atoms with Gasteiger partial charge in [-0.1, -0.05) is 60.7 Å². The highest BCUT2D eigenvalue weighted by Gasteiger charge is 2.24. The maximum absolute atomic E-state index is 13.5. The Morgan fingerprint density at radius 2 is 1.44 bits per heavy atom. The van der Waals surface area contributed by atoms with Crippen molar-refractivity contribution in [2.45, 2.75) is 23.3 Å². The van der Waals surface area contributed by atoms with Crippen molar-refractivity contribution < 1.29 is 16.8 Å². The zero-order valence-corrected chi connectivity index (χ0v) is 22.4. The summed E-state index contributed by atoms with van der Waals surface area (Å²) in [4.78, 5) is 7.88. The van der Waals surface area contributed by atoms with Crippen molar-refractivity contribution in [3.8, 4) is 11.3 Å². The molecule has 0 amide bonds. The van der Waals surface area contributed by atoms with Gasteiger partial charge in [0.25, 0.3) is 20.0 Å². The van der Waals surface area contributed by atoms with Gasteiger partial charge in [-0.05, 0) is 42.8 Å². The van der Waals surface area contributed by atoms with E-state index in [1.165, 1.54) is 36.7 Å². The molecule has 0 atom stereocenters. The van der Waals surface area contributed by atoms with E-state index in [1.54, 1.807) is 29.8 Å². The first kappa shape index (κ1) is 26.1. The normalized spacial score (nSPS) is 11.7. The highest BCUT2D eigenvalue weighted by Crippen LogP contribution is 2.28. The molecular formula is C27H24N6O4S2. The monoisotopic (exact) mass is 560 g/mol. The van der Waals surface area contributed by atoms with Crippen LogP contribution in [0, 0.1) is 6.92 Å². The van der Waals surface area contributed by atoms with E-state index in [2.05, 4.69) is 24.5 Å². The predicted molar refractivity (Wildman–Crippen MR) is 148 cm³/mol. The molecule has 0 saturated heterocycles. The van der Waals surface area contributed by atoms with E-state index in [-0.39, 0.29) is 21.4 Å². The summed E-state index contributed by atoms with van der Waals surface area (Å²) in [5.41, 5.74) is 2.72. The topological polar surface area (TPSA) is 136 Å². The SMILES string of the molecule is Cc1ccnc(NS(=O)(=O)c2ccc(NS(=O)(=O)c3cn(Cc4ccccc4)nc3-c3ccccc3)cc2)n1. The minimum absolute atomic E-state index is 0.000378. The molecular weight excluding hydrogens is 536 g/mol. The fourth-order valence-corrected chi connectivity index (χ4v) is 6.02. The maximum atomic E-state index is 13.5. The van der Waals surface area contributed by atoms with Gasteiger partial charge in [0.1, 0.15) is 10.6 Å². The number of hydrogen-bond donors (Lipinski definition) is 2. The molecule has 0 aliphatic heterocycles. The van der Waals surface area contributed by atoms with Crippen LogP contribution in [0.3, 0.4) is 0 Å². The molecule has 5 rings (SSSR count). The number of hydrogen-bond acceptors (Lipinski definition) is 7. The molecule has 2 heterocycles. The number of aryl methyl sites for hydroxylation is 1. The molecule has 5 aromatic rings. The standard InChI is InChI=1S/C27H24N6O4S2/c1-20-16-17-28-27(29-20)32-38(34,35)24-14-12-23(13-15-24)31-39(36,37)25-19-33(18-21-8-4-2-5-9-21)30-26(25)22-10-6-3-7-11-22/h2-17,19,31H,18H2,1H3,(H,28,29,32). The molecule has 3 aromatic carbocycles. The summed E-state index contributed by atoms with van der Waals surface area (Å²) in [6, 6.07) is 25.6. The van der Waals surface area contributed by atoms with Gasteiger partial charge in [-0.3, -0.25) is 9.40 Å². The van der Waals surface area contributed by atoms with Crippen LogP contribution in [0.2, 0.25) is 0 Å². The number of aromatic nitrogens is 4. The second-order valence-electron chi connectivity index (χ2n) is 8.65. The number of rotatable bonds is 9. The molecule has 0 aliphatic rings. The Morgan fingerprint density at radius 3 is 2.10 bits per heavy atom. The Bertz CT molecular complexity index is 1810. The Balaban J connectivity index is 1.41. The molecule has 2 aromatic heterocycles. The number of nitrogens with zero attached hydrogens (tertiary/aromatic N) is 4. The molecule has 0 fully saturated rings. The van der Waals surface area contributed by atoms with E-state index in [0.717, 1.165) is 5.56 Å². The van der Waals surface area contributed by atoms with Gasteiger partial charge in [-0.15, -0.1) is 0 Å². The minimum Gasteiger partial charge on any atom is -0.280 e. The van der Waals surface area contributed by atoms with Crippen LogP contribution < -0.4 is 9.44 Å². The van der Waals surface area contributed by atoms with Crippen LogP contribution in [0.25, 0.3) is 11.3 Å². The van der Waals surface area contributed by atoms with Gasteiger partial charge in [-0.25, -0.2) is 31.5 Å². The van der Waals surface area contributed by atoms with Crippen LogP contribution in [-0.2, 0) is 26.6 Å². The average Bonchev–Trinajstić information content (AvgIpc) is 3.35. The van der Waals surface area contributed by atoms with Gasteiger partial charge >= 0.3 is 0 Å². The van der Waals surface area contributed by atoms with Gasteiger partial charge in [0.15, 0.2) is 0 Å². The lowest BCUT2D eigenvalue weighted by Gasteiger charge is -2.10. The Hall–Kier alpha value is -4.55. The van der Waals surface area contributed by atoms with Crippen molar-refractivity contribution in [1.29, 1.82) is 0 Å². The molecule has 0 radical (unpaired) electrons. The summed E-state index contributed by atoms with van der Waals surface area (Å²) in [6.45, 7) is 2.11. The van der Waals surface area contributed by atoms with Crippen LogP contribution in [0.1, 0.15) is 11.3 Å². The predicted octanol–water partition coefficient (Wildman–Crippen LogP) is 4.30. The van der Waals surface area contributed by atoms with Crippen molar-refractivity contribution >= 4 is 31.7 Å². The first-order chi connectivity index (χ1) is 18.7. The summed E-state index contributed by atoms with van der Waals surface area (Å²) in [6.07, 6.45) is 2.94. The summed E-state index contributed by atoms with van der Waals surface area (Å²) < 4.78 is 58.9. The molecule has 198 valence electrons. The van der Waals surface area contributed by atoms with E-state index >= 15 is 0 Å². The lowest BCUT2D eigenvalue weighted by Crippen LogP contribution is -2.16. The highest BCUT2D eigenvalue weighted by atomic mass is 32.2. The van der Waals surface area contributed by atoms with Crippen LogP contribution in [-0.4, -0.2) is 36.6 Å². The fraction of sp³-hybridized carbons (Fsp3) is 0.0741. The summed E-state index contributed by atoms with van der Waals surface area (Å²) in [7, 11) is -8.06. The van der Waals surface area contributed by atoms with Crippen LogP contribution in [0.4, 0.5) is 11.6 Å². The minimum atomic E-state index is -4.08. The Morgan fingerprint density at radius 1 is 0.769 bits per heavy atom. The third-order valence-electron chi connectivity index (χ3n) is 5.69. The van der Waals surface area contributed by atoms with Gasteiger partial charge < -0.3 is 0 Å². The zero-order valence-electron chi connectivity index (χ0n) is 20.8. The molecule has 0 spiro atoms. The van der Waals surface area contributed by atoms with E-state index in [9.17, 15) is 16.8 Å². The van der Waals surface area contributed by atoms with E-state index in [1.807, 2.05) is 48.5 Å². The van der Waals surface area contributed by atoms with Gasteiger partial charge in [0, 0.05) is 29.3 Å². The maximum Gasteiger partial charge on any atom is 0.265 e. The fourth-order valence-electron chi connectivity index (χ4n) is 3.84. The molecule has 39 heavy (non-hydrogen) atoms. The van der Waals surface area contributed by atoms with E-state index in [0.29, 0.717) is 23.5 Å². The first-order valence-electron chi connectivity index (χ1n) is 11.8. The number of benzene rings is 3. The quantitative estimate of drug-likeness (QED) is 0.274. The second kappa shape index (κ2) is 10.7. The molecule has 0 unspecified atom stereocenters. The van der Waals surface area contributed by atoms with Gasteiger partial charge in [-0.2, -0.15) is 5.10 Å². The highest BCUT2D eigenvalue weighted by molar-refractivity contribution is 7.93. The van der Waals surface area contributed by atoms with Crippen molar-refractivity contribution in [2.24, 2.45) is 0 Å². The summed E-state index contributed by atoms with van der Waals surface area (Å²) in [5.74, 6) is -0.0549. The third kappa shape index (κ3) is 6.13. The summed E-state index contributed by atoms with van der Waals surface area (Å²) >= 11 is 0. The second-order valence-corrected chi connectivity index (χ2v) is 12.0. The first-order valence-corrected chi connectivity index (χ1v) is 14.8. The molecule has 2 N–H and O–H groups in total. The lowest BCUT2D eigenvalue weighted by molar-refractivity contribution is 0.599. The Kier molecular flexibility index (Phi) is 7.13. The van der Waals surface area contributed by atoms with E-state index < -0.39 is 20.0 Å². The van der Waals surface area contributed by atoms with Crippen molar-refractivity contribution in [1.82, 2.24) is 19.7 Å². The lowest BCUT2D eigenvalue weighted by atomic mass is 10.2. The molecule has 0 saturated carbocycles. The number of sulfonamides is 2. The molecule has 12 heteroatoms.